The van der Waals surface area contributed by atoms with Crippen molar-refractivity contribution in [2.24, 2.45) is 0 Å². The summed E-state index contributed by atoms with van der Waals surface area (Å²) in [5.74, 6) is -3.61. The normalized spacial score (nSPS) is 10.1. The molecule has 0 spiro atoms. The van der Waals surface area contributed by atoms with Gasteiger partial charge in [-0.3, -0.25) is 9.59 Å². The molecule has 0 aliphatic rings. The Labute approximate surface area is 151 Å². The fourth-order valence-corrected chi connectivity index (χ4v) is 1.45. The van der Waals surface area contributed by atoms with Gasteiger partial charge >= 0.3 is 12.1 Å². The molecule has 0 aromatic heterocycles. The molecule has 0 heterocycles. The lowest BCUT2D eigenvalue weighted by molar-refractivity contribution is -0.356. The van der Waals surface area contributed by atoms with Crippen LogP contribution in [-0.2, 0) is 19.2 Å². The highest BCUT2D eigenvalue weighted by molar-refractivity contribution is 5.88. The van der Waals surface area contributed by atoms with E-state index in [1.54, 1.807) is 24.3 Å². The van der Waals surface area contributed by atoms with Crippen molar-refractivity contribution in [2.75, 3.05) is 25.5 Å². The maximum Gasteiger partial charge on any atom is 0.430 e. The number of hydrogen-bond acceptors (Lipinski definition) is 6. The van der Waals surface area contributed by atoms with E-state index in [9.17, 15) is 27.6 Å². The van der Waals surface area contributed by atoms with Gasteiger partial charge in [0.05, 0.1) is 0 Å². The quantitative estimate of drug-likeness (QED) is 0.463. The summed E-state index contributed by atoms with van der Waals surface area (Å²) in [5, 5.41) is 11.4. The SMILES string of the molecule is CC(=O)Nc1ccc(OC(=O)CN(C)C(=O)C[NH3+])cc1.O=C([O-])C(F)(F)F. The Morgan fingerprint density at radius 3 is 2.04 bits per heavy atom. The van der Waals surface area contributed by atoms with Gasteiger partial charge in [-0.1, -0.05) is 0 Å². The van der Waals surface area contributed by atoms with Crippen molar-refractivity contribution >= 4 is 29.4 Å². The van der Waals surface area contributed by atoms with Crippen LogP contribution in [0.4, 0.5) is 18.9 Å². The summed E-state index contributed by atoms with van der Waals surface area (Å²) in [6, 6.07) is 6.36. The van der Waals surface area contributed by atoms with E-state index in [4.69, 9.17) is 14.6 Å². The highest BCUT2D eigenvalue weighted by Gasteiger charge is 2.28. The van der Waals surface area contributed by atoms with Gasteiger partial charge in [-0.2, -0.15) is 13.2 Å². The summed E-state index contributed by atoms with van der Waals surface area (Å²) < 4.78 is 36.6. The first-order valence-corrected chi connectivity index (χ1v) is 7.26. The highest BCUT2D eigenvalue weighted by atomic mass is 19.4. The minimum absolute atomic E-state index is 0.0925. The number of aliphatic carboxylic acids is 1. The molecule has 12 heteroatoms. The number of ether oxygens (including phenoxy) is 1. The van der Waals surface area contributed by atoms with E-state index in [0.717, 1.165) is 0 Å². The third kappa shape index (κ3) is 10.4. The minimum Gasteiger partial charge on any atom is -0.542 e. The van der Waals surface area contributed by atoms with Crippen molar-refractivity contribution in [3.63, 3.8) is 0 Å². The zero-order valence-corrected chi connectivity index (χ0v) is 14.5. The molecule has 1 rings (SSSR count). The molecule has 27 heavy (non-hydrogen) atoms. The summed E-state index contributed by atoms with van der Waals surface area (Å²) in [7, 11) is 1.51. The monoisotopic (exact) mass is 393 g/mol. The van der Waals surface area contributed by atoms with Crippen molar-refractivity contribution in [1.82, 2.24) is 4.90 Å². The van der Waals surface area contributed by atoms with Gasteiger partial charge in [0.1, 0.15) is 18.3 Å². The number of amides is 2. The van der Waals surface area contributed by atoms with Crippen molar-refractivity contribution in [1.29, 1.82) is 0 Å². The Hall–Kier alpha value is -3.15. The summed E-state index contributed by atoms with van der Waals surface area (Å²) >= 11 is 0. The Balaban J connectivity index is 0.000000821. The molecule has 0 saturated heterocycles. The van der Waals surface area contributed by atoms with Crippen molar-refractivity contribution in [2.45, 2.75) is 13.1 Å². The van der Waals surface area contributed by atoms with E-state index in [1.807, 2.05) is 0 Å². The molecule has 4 N–H and O–H groups in total. The lowest BCUT2D eigenvalue weighted by Gasteiger charge is -2.14. The number of anilines is 1. The molecule has 0 saturated carbocycles. The molecule has 9 nitrogen and oxygen atoms in total. The number of benzene rings is 1. The van der Waals surface area contributed by atoms with E-state index >= 15 is 0 Å². The predicted octanol–water partition coefficient (Wildman–Crippen LogP) is -1.45. The molecule has 1 aromatic carbocycles. The molecule has 0 atom stereocenters. The molecule has 0 bridgehead atoms. The molecule has 150 valence electrons. The number of hydrogen-bond donors (Lipinski definition) is 2. The average Bonchev–Trinajstić information content (AvgIpc) is 2.55. The topological polar surface area (TPSA) is 143 Å². The number of carbonyl (C=O) groups is 4. The van der Waals surface area contributed by atoms with Gasteiger partial charge < -0.3 is 30.6 Å². The van der Waals surface area contributed by atoms with Gasteiger partial charge in [-0.05, 0) is 24.3 Å². The number of likely N-dealkylation sites (N-methyl/N-ethyl adjacent to an activating group) is 1. The first-order valence-electron chi connectivity index (χ1n) is 7.26. The van der Waals surface area contributed by atoms with E-state index < -0.39 is 18.1 Å². The number of carbonyl (C=O) groups excluding carboxylic acids is 4. The van der Waals surface area contributed by atoms with Crippen LogP contribution in [0.2, 0.25) is 0 Å². The molecule has 0 radical (unpaired) electrons. The molecule has 1 aromatic rings. The third-order valence-corrected chi connectivity index (χ3v) is 2.64. The Morgan fingerprint density at radius 2 is 1.67 bits per heavy atom. The van der Waals surface area contributed by atoms with Crippen LogP contribution >= 0.6 is 0 Å². The van der Waals surface area contributed by atoms with Crippen LogP contribution in [0, 0.1) is 0 Å². The Bertz CT molecular complexity index is 676. The van der Waals surface area contributed by atoms with Crippen LogP contribution in [0.25, 0.3) is 0 Å². The lowest BCUT2D eigenvalue weighted by Crippen LogP contribution is -2.57. The molecule has 0 unspecified atom stereocenters. The summed E-state index contributed by atoms with van der Waals surface area (Å²) in [6.07, 6.45) is -5.19. The number of alkyl halides is 3. The summed E-state index contributed by atoms with van der Waals surface area (Å²) in [6.45, 7) is 1.36. The molecular formula is C15H18F3N3O6. The largest absolute Gasteiger partial charge is 0.542 e. The number of rotatable bonds is 5. The second kappa shape index (κ2) is 10.8. The number of carboxylic acid groups (broad SMARTS) is 1. The number of nitrogens with zero attached hydrogens (tertiary/aromatic N) is 1. The number of quaternary nitrogens is 1. The number of nitrogens with one attached hydrogen (secondary N) is 1. The fraction of sp³-hybridized carbons (Fsp3) is 0.333. The standard InChI is InChI=1S/C13H17N3O4.C2HF3O2/c1-9(17)15-10-3-5-11(6-4-10)20-13(19)8-16(2)12(18)7-14;3-2(4,5)1(6)7/h3-6H,7-8,14H2,1-2H3,(H,15,17);(H,6,7). The van der Waals surface area contributed by atoms with Crippen LogP contribution < -0.4 is 20.9 Å². The minimum atomic E-state index is -5.19. The van der Waals surface area contributed by atoms with Gasteiger partial charge in [0, 0.05) is 19.7 Å². The van der Waals surface area contributed by atoms with E-state index in [1.165, 1.54) is 18.9 Å². The van der Waals surface area contributed by atoms with Crippen molar-refractivity contribution < 1.29 is 47.9 Å². The second-order valence-electron chi connectivity index (χ2n) is 4.96. The Morgan fingerprint density at radius 1 is 1.19 bits per heavy atom. The van der Waals surface area contributed by atoms with Crippen LogP contribution in [0.1, 0.15) is 6.92 Å². The van der Waals surface area contributed by atoms with E-state index in [2.05, 4.69) is 11.1 Å². The molecule has 0 aliphatic heterocycles. The van der Waals surface area contributed by atoms with E-state index in [-0.39, 0.29) is 24.9 Å². The number of esters is 1. The fourth-order valence-electron chi connectivity index (χ4n) is 1.45. The van der Waals surface area contributed by atoms with Crippen LogP contribution in [0.3, 0.4) is 0 Å². The summed E-state index contributed by atoms with van der Waals surface area (Å²) in [5.41, 5.74) is 4.07. The molecular weight excluding hydrogens is 375 g/mol. The second-order valence-corrected chi connectivity index (χ2v) is 4.96. The smallest absolute Gasteiger partial charge is 0.430 e. The molecule has 0 fully saturated rings. The maximum absolute atomic E-state index is 11.6. The average molecular weight is 393 g/mol. The van der Waals surface area contributed by atoms with Crippen LogP contribution in [0.5, 0.6) is 5.75 Å². The van der Waals surface area contributed by atoms with Crippen LogP contribution in [-0.4, -0.2) is 55.0 Å². The van der Waals surface area contributed by atoms with Gasteiger partial charge in [0.15, 0.2) is 6.54 Å². The van der Waals surface area contributed by atoms with Gasteiger partial charge in [-0.15, -0.1) is 0 Å². The molecule has 0 aliphatic carbocycles. The highest BCUT2D eigenvalue weighted by Crippen LogP contribution is 2.15. The number of halogens is 3. The van der Waals surface area contributed by atoms with E-state index in [0.29, 0.717) is 11.4 Å². The lowest BCUT2D eigenvalue weighted by atomic mass is 10.3. The molecule has 2 amide bonds. The predicted molar refractivity (Wildman–Crippen MR) is 82.8 cm³/mol. The zero-order chi connectivity index (χ0) is 21.2. The van der Waals surface area contributed by atoms with Crippen molar-refractivity contribution in [3.8, 4) is 5.75 Å². The Kier molecular flexibility index (Phi) is 9.50. The zero-order valence-electron chi connectivity index (χ0n) is 14.5. The van der Waals surface area contributed by atoms with Gasteiger partial charge in [0.25, 0.3) is 5.91 Å². The first-order chi connectivity index (χ1) is 12.4. The van der Waals surface area contributed by atoms with Gasteiger partial charge in [-0.25, -0.2) is 4.79 Å². The first kappa shape index (κ1) is 23.9. The van der Waals surface area contributed by atoms with Crippen molar-refractivity contribution in [3.05, 3.63) is 24.3 Å². The third-order valence-electron chi connectivity index (χ3n) is 2.64. The summed E-state index contributed by atoms with van der Waals surface area (Å²) in [4.78, 5) is 43.7. The maximum atomic E-state index is 11.6. The van der Waals surface area contributed by atoms with Gasteiger partial charge in [0.2, 0.25) is 5.91 Å². The van der Waals surface area contributed by atoms with Crippen LogP contribution in [0.15, 0.2) is 24.3 Å². The number of carboxylic acids is 1.